The maximum absolute atomic E-state index is 5.61. The second-order valence-electron chi connectivity index (χ2n) is 9.48. The molecule has 1 saturated heterocycles. The lowest BCUT2D eigenvalue weighted by Gasteiger charge is -2.35. The minimum atomic E-state index is 0.206. The van der Waals surface area contributed by atoms with Crippen LogP contribution in [-0.4, -0.2) is 78.1 Å². The third-order valence-corrected chi connectivity index (χ3v) is 8.63. The summed E-state index contributed by atoms with van der Waals surface area (Å²) in [6, 6.07) is 0. The first kappa shape index (κ1) is 22.1. The van der Waals surface area contributed by atoms with E-state index in [1.165, 1.54) is 16.5 Å². The molecule has 3 aromatic rings. The van der Waals surface area contributed by atoms with E-state index in [0.29, 0.717) is 0 Å². The summed E-state index contributed by atoms with van der Waals surface area (Å²) in [6.45, 7) is 10.00. The fourth-order valence-corrected chi connectivity index (χ4v) is 6.76. The van der Waals surface area contributed by atoms with Gasteiger partial charge in [0.15, 0.2) is 0 Å². The molecule has 3 aromatic heterocycles. The Hall–Kier alpha value is -1.68. The highest BCUT2D eigenvalue weighted by atomic mass is 32.2. The lowest BCUT2D eigenvalue weighted by molar-refractivity contribution is 0.122. The molecule has 2 aliphatic heterocycles. The molecule has 0 radical (unpaired) electrons. The first-order valence-electron chi connectivity index (χ1n) is 11.4. The van der Waals surface area contributed by atoms with E-state index in [4.69, 9.17) is 14.7 Å². The monoisotopic (exact) mass is 472 g/mol. The molecule has 5 rings (SSSR count). The summed E-state index contributed by atoms with van der Waals surface area (Å²) >= 11 is 3.76. The van der Waals surface area contributed by atoms with E-state index >= 15 is 0 Å². The lowest BCUT2D eigenvalue weighted by atomic mass is 9.94. The van der Waals surface area contributed by atoms with Gasteiger partial charge in [0.05, 0.1) is 23.4 Å². The van der Waals surface area contributed by atoms with Crippen LogP contribution in [0.3, 0.4) is 0 Å². The number of rotatable bonds is 6. The number of nitrogens with one attached hydrogen (secondary N) is 1. The number of hydrogen-bond acceptors (Lipinski definition) is 9. The average Bonchev–Trinajstić information content (AvgIpc) is 3.15. The molecule has 0 aliphatic carbocycles. The van der Waals surface area contributed by atoms with Crippen molar-refractivity contribution >= 4 is 55.2 Å². The molecule has 2 aliphatic rings. The molecule has 1 N–H and O–H groups in total. The van der Waals surface area contributed by atoms with Crippen LogP contribution in [0.4, 0.5) is 11.6 Å². The lowest BCUT2D eigenvalue weighted by Crippen LogP contribution is -2.38. The SMILES string of the molecule is CN(C)CCCNc1ncnc2c1sc1nc(N3CCOCC3)c3c(c12)CC(C)(C)SC3. The van der Waals surface area contributed by atoms with Crippen molar-refractivity contribution in [1.29, 1.82) is 0 Å². The number of aromatic nitrogens is 3. The van der Waals surface area contributed by atoms with Gasteiger partial charge in [-0.2, -0.15) is 11.8 Å². The molecule has 172 valence electrons. The van der Waals surface area contributed by atoms with Crippen LogP contribution in [0.25, 0.3) is 20.4 Å². The molecule has 0 saturated carbocycles. The number of morpholine rings is 1. The summed E-state index contributed by atoms with van der Waals surface area (Å²) in [7, 11) is 4.21. The molecule has 0 bridgehead atoms. The summed E-state index contributed by atoms with van der Waals surface area (Å²) in [5.74, 6) is 3.08. The Morgan fingerprint density at radius 1 is 1.19 bits per heavy atom. The molecule has 0 aromatic carbocycles. The van der Waals surface area contributed by atoms with E-state index in [1.807, 2.05) is 11.8 Å². The van der Waals surface area contributed by atoms with Crippen LogP contribution in [0.1, 0.15) is 31.4 Å². The molecule has 9 heteroatoms. The first-order chi connectivity index (χ1) is 15.4. The number of thiophene rings is 1. The Kier molecular flexibility index (Phi) is 6.17. The molecule has 1 fully saturated rings. The average molecular weight is 473 g/mol. The third kappa shape index (κ3) is 4.27. The molecular formula is C23H32N6OS2. The van der Waals surface area contributed by atoms with E-state index in [9.17, 15) is 0 Å². The van der Waals surface area contributed by atoms with Crippen molar-refractivity contribution in [3.63, 3.8) is 0 Å². The Morgan fingerprint density at radius 2 is 2.00 bits per heavy atom. The van der Waals surface area contributed by atoms with Gasteiger partial charge in [-0.15, -0.1) is 11.3 Å². The molecule has 0 spiro atoms. The van der Waals surface area contributed by atoms with Gasteiger partial charge in [-0.3, -0.25) is 0 Å². The number of nitrogens with zero attached hydrogens (tertiary/aromatic N) is 5. The molecule has 0 unspecified atom stereocenters. The van der Waals surface area contributed by atoms with Gasteiger partial charge in [0.1, 0.15) is 22.8 Å². The van der Waals surface area contributed by atoms with Crippen LogP contribution < -0.4 is 10.2 Å². The van der Waals surface area contributed by atoms with Crippen LogP contribution >= 0.6 is 23.1 Å². The number of anilines is 2. The summed E-state index contributed by atoms with van der Waals surface area (Å²) in [5, 5.41) is 4.79. The Balaban J connectivity index is 1.61. The zero-order valence-electron chi connectivity index (χ0n) is 19.4. The van der Waals surface area contributed by atoms with Crippen molar-refractivity contribution in [2.45, 2.75) is 37.2 Å². The zero-order valence-corrected chi connectivity index (χ0v) is 21.0. The standard InChI is InChI=1S/C23H32N6OS2/c1-23(2)12-15-16(13-31-23)21(29-8-10-30-11-9-29)27-22-17(15)18-19(32-22)20(26-14-25-18)24-6-5-7-28(3)4/h14H,5-13H2,1-4H3,(H,24,25,26). The second-order valence-corrected chi connectivity index (χ2v) is 12.2. The molecule has 32 heavy (non-hydrogen) atoms. The minimum absolute atomic E-state index is 0.206. The molecule has 0 amide bonds. The molecule has 0 atom stereocenters. The topological polar surface area (TPSA) is 66.4 Å². The van der Waals surface area contributed by atoms with Crippen molar-refractivity contribution in [3.05, 3.63) is 17.5 Å². The van der Waals surface area contributed by atoms with E-state index in [-0.39, 0.29) is 4.75 Å². The molecule has 5 heterocycles. The van der Waals surface area contributed by atoms with Gasteiger partial charge in [-0.1, -0.05) is 13.8 Å². The van der Waals surface area contributed by atoms with Crippen molar-refractivity contribution in [1.82, 2.24) is 19.9 Å². The van der Waals surface area contributed by atoms with Gasteiger partial charge in [0.2, 0.25) is 0 Å². The first-order valence-corrected chi connectivity index (χ1v) is 13.2. The van der Waals surface area contributed by atoms with Crippen molar-refractivity contribution in [2.24, 2.45) is 0 Å². The van der Waals surface area contributed by atoms with E-state index in [1.54, 1.807) is 17.7 Å². The maximum Gasteiger partial charge on any atom is 0.147 e. The fourth-order valence-electron chi connectivity index (χ4n) is 4.55. The van der Waals surface area contributed by atoms with Gasteiger partial charge in [0, 0.05) is 41.1 Å². The normalized spacial score (nSPS) is 18.5. The van der Waals surface area contributed by atoms with E-state index in [0.717, 1.165) is 84.7 Å². The molecule has 7 nitrogen and oxygen atoms in total. The summed E-state index contributed by atoms with van der Waals surface area (Å²) in [6.07, 6.45) is 3.81. The minimum Gasteiger partial charge on any atom is -0.378 e. The highest BCUT2D eigenvalue weighted by Crippen LogP contribution is 2.47. The van der Waals surface area contributed by atoms with Gasteiger partial charge in [-0.05, 0) is 39.0 Å². The Labute approximate surface area is 197 Å². The quantitative estimate of drug-likeness (QED) is 0.540. The van der Waals surface area contributed by atoms with Crippen LogP contribution in [0.2, 0.25) is 0 Å². The van der Waals surface area contributed by atoms with Crippen LogP contribution in [0, 0.1) is 0 Å². The number of pyridine rings is 1. The largest absolute Gasteiger partial charge is 0.378 e. The third-order valence-electron chi connectivity index (χ3n) is 6.19. The summed E-state index contributed by atoms with van der Waals surface area (Å²) in [4.78, 5) is 20.3. The summed E-state index contributed by atoms with van der Waals surface area (Å²) in [5.41, 5.74) is 3.88. The smallest absolute Gasteiger partial charge is 0.147 e. The highest BCUT2D eigenvalue weighted by Gasteiger charge is 2.33. The van der Waals surface area contributed by atoms with Gasteiger partial charge in [-0.25, -0.2) is 15.0 Å². The van der Waals surface area contributed by atoms with Crippen molar-refractivity contribution < 1.29 is 4.74 Å². The highest BCUT2D eigenvalue weighted by molar-refractivity contribution is 7.99. The van der Waals surface area contributed by atoms with Gasteiger partial charge in [0.25, 0.3) is 0 Å². The fraction of sp³-hybridized carbons (Fsp3) is 0.609. The Bertz CT molecular complexity index is 1120. The Morgan fingerprint density at radius 3 is 2.78 bits per heavy atom. The number of thioether (sulfide) groups is 1. The summed E-state index contributed by atoms with van der Waals surface area (Å²) < 4.78 is 6.94. The van der Waals surface area contributed by atoms with Gasteiger partial charge >= 0.3 is 0 Å². The van der Waals surface area contributed by atoms with E-state index < -0.39 is 0 Å². The number of fused-ring (bicyclic) bond motifs is 5. The van der Waals surface area contributed by atoms with Gasteiger partial charge < -0.3 is 19.9 Å². The second kappa shape index (κ2) is 8.93. The predicted octanol–water partition coefficient (Wildman–Crippen LogP) is 4.01. The van der Waals surface area contributed by atoms with E-state index in [2.05, 4.69) is 48.0 Å². The van der Waals surface area contributed by atoms with Crippen LogP contribution in [-0.2, 0) is 16.9 Å². The number of ether oxygens (including phenoxy) is 1. The molecular weight excluding hydrogens is 440 g/mol. The number of hydrogen-bond donors (Lipinski definition) is 1. The van der Waals surface area contributed by atoms with Crippen molar-refractivity contribution in [2.75, 3.05) is 63.7 Å². The predicted molar refractivity (Wildman–Crippen MR) is 136 cm³/mol. The zero-order chi connectivity index (χ0) is 22.3. The van der Waals surface area contributed by atoms with Crippen molar-refractivity contribution in [3.8, 4) is 0 Å². The maximum atomic E-state index is 5.61. The van der Waals surface area contributed by atoms with Crippen LogP contribution in [0.15, 0.2) is 6.33 Å². The van der Waals surface area contributed by atoms with Crippen LogP contribution in [0.5, 0.6) is 0 Å².